The number of rotatable bonds is 23. The molecule has 0 aliphatic carbocycles. The molecule has 24 nitrogen and oxygen atoms in total. The minimum Gasteiger partial charge on any atom is -0.481 e. The molecule has 1 aromatic heterocycles. The Kier molecular flexibility index (Phi) is 18.3. The molecular weight excluding hydrogens is 822 g/mol. The number of aromatic nitrogens is 1. The molecular formula is C38H53N9O15. The van der Waals surface area contributed by atoms with Gasteiger partial charge in [-0.15, -0.1) is 0 Å². The highest BCUT2D eigenvalue weighted by molar-refractivity contribution is 5.98. The molecule has 7 amide bonds. The first-order valence-electron chi connectivity index (χ1n) is 19.5. The maximum Gasteiger partial charge on any atom is 0.326 e. The highest BCUT2D eigenvalue weighted by atomic mass is 16.4. The topological polar surface area (TPSA) is 389 Å². The van der Waals surface area contributed by atoms with E-state index in [-0.39, 0.29) is 19.4 Å². The molecule has 0 unspecified atom stereocenters. The van der Waals surface area contributed by atoms with E-state index in [1.807, 2.05) is 0 Å². The quantitative estimate of drug-likeness (QED) is 0.0503. The molecule has 14 N–H and O–H groups in total. The lowest BCUT2D eigenvalue weighted by molar-refractivity contribution is -0.150. The summed E-state index contributed by atoms with van der Waals surface area (Å²) in [5.74, 6) is -11.1. The van der Waals surface area contributed by atoms with E-state index < -0.39 is 140 Å². The molecule has 0 spiro atoms. The summed E-state index contributed by atoms with van der Waals surface area (Å²) in [7, 11) is 0. The van der Waals surface area contributed by atoms with Crippen LogP contribution in [0.3, 0.4) is 0 Å². The Balaban J connectivity index is 1.78. The molecule has 0 radical (unpaired) electrons. The van der Waals surface area contributed by atoms with Gasteiger partial charge < -0.3 is 73.1 Å². The molecule has 2 heterocycles. The van der Waals surface area contributed by atoms with Crippen LogP contribution in [0, 0.1) is 0 Å². The number of amides is 7. The molecule has 340 valence electrons. The van der Waals surface area contributed by atoms with Crippen LogP contribution >= 0.6 is 0 Å². The van der Waals surface area contributed by atoms with Gasteiger partial charge in [-0.3, -0.25) is 43.2 Å². The Morgan fingerprint density at radius 3 is 1.92 bits per heavy atom. The number of aromatic amines is 1. The van der Waals surface area contributed by atoms with Crippen molar-refractivity contribution in [1.29, 1.82) is 0 Å². The van der Waals surface area contributed by atoms with Gasteiger partial charge in [-0.1, -0.05) is 18.2 Å². The molecule has 1 fully saturated rings. The van der Waals surface area contributed by atoms with Gasteiger partial charge in [-0.05, 0) is 51.7 Å². The number of H-pyrrole nitrogens is 1. The molecule has 9 atom stereocenters. The van der Waals surface area contributed by atoms with Crippen LogP contribution in [0.1, 0.15) is 58.4 Å². The lowest BCUT2D eigenvalue weighted by Gasteiger charge is -2.28. The first-order chi connectivity index (χ1) is 29.1. The van der Waals surface area contributed by atoms with Gasteiger partial charge in [0.25, 0.3) is 0 Å². The molecule has 0 saturated carbocycles. The van der Waals surface area contributed by atoms with E-state index in [4.69, 9.17) is 10.8 Å². The van der Waals surface area contributed by atoms with Crippen LogP contribution in [0.25, 0.3) is 10.9 Å². The maximum atomic E-state index is 13.8. The monoisotopic (exact) mass is 875 g/mol. The second-order valence-electron chi connectivity index (χ2n) is 14.8. The van der Waals surface area contributed by atoms with Gasteiger partial charge in [0.2, 0.25) is 41.4 Å². The number of hydrogen-bond acceptors (Lipinski definition) is 13. The van der Waals surface area contributed by atoms with Crippen molar-refractivity contribution in [3.8, 4) is 0 Å². The number of carboxylic acids is 3. The van der Waals surface area contributed by atoms with Gasteiger partial charge in [0.15, 0.2) is 0 Å². The molecule has 3 rings (SSSR count). The third-order valence-electron chi connectivity index (χ3n) is 9.93. The Morgan fingerprint density at radius 2 is 1.34 bits per heavy atom. The summed E-state index contributed by atoms with van der Waals surface area (Å²) in [6.07, 6.45) is -1.70. The summed E-state index contributed by atoms with van der Waals surface area (Å²) in [4.78, 5) is 131. The van der Waals surface area contributed by atoms with Gasteiger partial charge in [-0.25, -0.2) is 4.79 Å². The summed E-state index contributed by atoms with van der Waals surface area (Å²) in [6, 6.07) is -5.07. The van der Waals surface area contributed by atoms with Crippen LogP contribution in [-0.2, 0) is 54.4 Å². The number of nitrogens with two attached hydrogens (primary N) is 1. The van der Waals surface area contributed by atoms with Crippen LogP contribution in [0.15, 0.2) is 30.5 Å². The minimum absolute atomic E-state index is 0.0207. The van der Waals surface area contributed by atoms with E-state index in [0.29, 0.717) is 22.9 Å². The van der Waals surface area contributed by atoms with E-state index in [9.17, 15) is 68.4 Å². The molecule has 1 aliphatic rings. The number of carbonyl (C=O) groups is 10. The summed E-state index contributed by atoms with van der Waals surface area (Å²) >= 11 is 0. The van der Waals surface area contributed by atoms with Gasteiger partial charge in [0.05, 0.1) is 19.1 Å². The number of nitrogens with zero attached hydrogens (tertiary/aromatic N) is 1. The number of carbonyl (C=O) groups excluding carboxylic acids is 7. The fraction of sp³-hybridized carbons (Fsp3) is 0.526. The number of likely N-dealkylation sites (tertiary alicyclic amines) is 1. The zero-order chi connectivity index (χ0) is 46.4. The molecule has 1 saturated heterocycles. The third kappa shape index (κ3) is 14.0. The number of carboxylic acid groups (broad SMARTS) is 3. The zero-order valence-electron chi connectivity index (χ0n) is 34.1. The minimum atomic E-state index is -1.77. The summed E-state index contributed by atoms with van der Waals surface area (Å²) in [6.45, 7) is 2.78. The van der Waals surface area contributed by atoms with Crippen LogP contribution in [0.4, 0.5) is 0 Å². The number of aliphatic hydroxyl groups is 2. The molecule has 1 aromatic carbocycles. The van der Waals surface area contributed by atoms with Crippen molar-refractivity contribution in [3.63, 3.8) is 0 Å². The van der Waals surface area contributed by atoms with Crippen molar-refractivity contribution < 1.29 is 73.5 Å². The van der Waals surface area contributed by atoms with E-state index in [1.165, 1.54) is 13.8 Å². The number of nitrogens with one attached hydrogen (secondary N) is 7. The van der Waals surface area contributed by atoms with E-state index in [1.54, 1.807) is 30.5 Å². The van der Waals surface area contributed by atoms with E-state index >= 15 is 0 Å². The molecule has 0 bridgehead atoms. The number of benzene rings is 1. The van der Waals surface area contributed by atoms with Crippen LogP contribution in [0.5, 0.6) is 0 Å². The van der Waals surface area contributed by atoms with E-state index in [2.05, 4.69) is 36.9 Å². The number of fused-ring (bicyclic) bond motifs is 1. The van der Waals surface area contributed by atoms with Crippen molar-refractivity contribution in [2.24, 2.45) is 5.73 Å². The predicted octanol–water partition coefficient (Wildman–Crippen LogP) is -4.23. The van der Waals surface area contributed by atoms with Gasteiger partial charge in [-0.2, -0.15) is 0 Å². The summed E-state index contributed by atoms with van der Waals surface area (Å²) in [5, 5.41) is 62.3. The summed E-state index contributed by atoms with van der Waals surface area (Å²) in [5.41, 5.74) is 6.71. The van der Waals surface area contributed by atoms with Crippen molar-refractivity contribution >= 4 is 70.2 Å². The number of aliphatic carboxylic acids is 3. The molecule has 24 heteroatoms. The average molecular weight is 876 g/mol. The van der Waals surface area contributed by atoms with Crippen molar-refractivity contribution in [2.45, 2.75) is 114 Å². The van der Waals surface area contributed by atoms with Crippen LogP contribution in [-0.4, -0.2) is 162 Å². The lowest BCUT2D eigenvalue weighted by Crippen LogP contribution is -2.61. The molecule has 62 heavy (non-hydrogen) atoms. The molecule has 1 aliphatic heterocycles. The fourth-order valence-electron chi connectivity index (χ4n) is 6.49. The third-order valence-corrected chi connectivity index (χ3v) is 9.93. The largest absolute Gasteiger partial charge is 0.481 e. The second-order valence-corrected chi connectivity index (χ2v) is 14.8. The van der Waals surface area contributed by atoms with E-state index in [0.717, 1.165) is 11.8 Å². The Labute approximate surface area is 353 Å². The van der Waals surface area contributed by atoms with Crippen molar-refractivity contribution in [1.82, 2.24) is 41.8 Å². The lowest BCUT2D eigenvalue weighted by atomic mass is 10.0. The molecule has 2 aromatic rings. The van der Waals surface area contributed by atoms with Crippen LogP contribution in [0.2, 0.25) is 0 Å². The highest BCUT2D eigenvalue weighted by Gasteiger charge is 2.39. The number of hydrogen-bond donors (Lipinski definition) is 13. The first-order valence-corrected chi connectivity index (χ1v) is 19.5. The number of aliphatic hydroxyl groups excluding tert-OH is 2. The normalized spacial score (nSPS) is 17.5. The fourth-order valence-corrected chi connectivity index (χ4v) is 6.49. The Hall–Kier alpha value is -6.66. The smallest absolute Gasteiger partial charge is 0.326 e. The second kappa shape index (κ2) is 22.8. The Morgan fingerprint density at radius 1 is 0.758 bits per heavy atom. The standard InChI is InChI=1S/C38H53N9O15/c1-17(32(55)45-26(14-29(52)53)37(60)47-12-6-9-27(47)38(61)62)41-35(58)25(13-20-15-40-23-8-5-4-7-21(20)23)44-31(54)18(2)42-36(59)30(19(3)49)46-34(57)24(10-11-28(50)51)43-33(56)22(39)16-48/h4-5,7-8,15,17-19,22,24-27,30,40,48-49H,6,9-14,16,39H2,1-3H3,(H,41,58)(H,42,59)(H,43,56)(H,44,54)(H,45,55)(H,46,57)(H,50,51)(H,52,53)(H,61,62)/t17-,18-,19+,22-,24-,25-,26-,27-,30-/m0/s1. The summed E-state index contributed by atoms with van der Waals surface area (Å²) < 4.78 is 0. The highest BCUT2D eigenvalue weighted by Crippen LogP contribution is 2.21. The maximum absolute atomic E-state index is 13.8. The first kappa shape index (κ1) is 49.7. The van der Waals surface area contributed by atoms with Gasteiger partial charge >= 0.3 is 17.9 Å². The average Bonchev–Trinajstić information content (AvgIpc) is 3.87. The van der Waals surface area contributed by atoms with Gasteiger partial charge in [0.1, 0.15) is 48.3 Å². The Bertz CT molecular complexity index is 2010. The zero-order valence-corrected chi connectivity index (χ0v) is 34.1. The van der Waals surface area contributed by atoms with Crippen molar-refractivity contribution in [2.75, 3.05) is 13.2 Å². The predicted molar refractivity (Wildman–Crippen MR) is 213 cm³/mol. The van der Waals surface area contributed by atoms with Gasteiger partial charge in [0, 0.05) is 36.5 Å². The number of para-hydroxylation sites is 1. The van der Waals surface area contributed by atoms with Crippen LogP contribution < -0.4 is 37.6 Å². The van der Waals surface area contributed by atoms with Crippen molar-refractivity contribution in [3.05, 3.63) is 36.0 Å². The SMILES string of the molecule is C[C@H](NC(=O)[C@H](Cc1c[nH]c2ccccc12)NC(=O)[C@H](C)NC(=O)[C@@H](NC(=O)[C@H](CCC(=O)O)NC(=O)[C@@H](N)CO)[C@@H](C)O)C(=O)N[C@@H](CC(=O)O)C(=O)N1CCC[C@H]1C(=O)O.